The zero-order valence-electron chi connectivity index (χ0n) is 11.4. The summed E-state index contributed by atoms with van der Waals surface area (Å²) in [5, 5.41) is 3.64. The standard InChI is InChI=1S/C14H27N3S/c1-2-13(1)11-17-8-6-16(7-9-17)5-3-14-12-18-10-4-15-14/h13-15H,1-12H2. The molecule has 1 unspecified atom stereocenters. The van der Waals surface area contributed by atoms with Crippen molar-refractivity contribution in [1.82, 2.24) is 15.1 Å². The summed E-state index contributed by atoms with van der Waals surface area (Å²) in [5.41, 5.74) is 0. The lowest BCUT2D eigenvalue weighted by Crippen LogP contribution is -2.48. The molecule has 2 aliphatic heterocycles. The first kappa shape index (κ1) is 13.2. The summed E-state index contributed by atoms with van der Waals surface area (Å²) < 4.78 is 0. The summed E-state index contributed by atoms with van der Waals surface area (Å²) in [4.78, 5) is 5.35. The van der Waals surface area contributed by atoms with Crippen LogP contribution in [0.25, 0.3) is 0 Å². The van der Waals surface area contributed by atoms with Gasteiger partial charge < -0.3 is 15.1 Å². The van der Waals surface area contributed by atoms with Gasteiger partial charge in [0.05, 0.1) is 0 Å². The predicted octanol–water partition coefficient (Wildman–Crippen LogP) is 1.11. The van der Waals surface area contributed by atoms with Gasteiger partial charge in [-0.1, -0.05) is 0 Å². The zero-order chi connectivity index (χ0) is 12.2. The van der Waals surface area contributed by atoms with Gasteiger partial charge in [-0.2, -0.15) is 11.8 Å². The van der Waals surface area contributed by atoms with Crippen molar-refractivity contribution in [2.24, 2.45) is 5.92 Å². The normalized spacial score (nSPS) is 31.7. The second kappa shape index (κ2) is 6.60. The molecule has 18 heavy (non-hydrogen) atoms. The Morgan fingerprint density at radius 2 is 1.83 bits per heavy atom. The quantitative estimate of drug-likeness (QED) is 0.805. The molecular formula is C14H27N3S. The fraction of sp³-hybridized carbons (Fsp3) is 1.00. The molecule has 0 radical (unpaired) electrons. The van der Waals surface area contributed by atoms with E-state index in [4.69, 9.17) is 0 Å². The lowest BCUT2D eigenvalue weighted by Gasteiger charge is -2.35. The van der Waals surface area contributed by atoms with Crippen molar-refractivity contribution < 1.29 is 0 Å². The van der Waals surface area contributed by atoms with Crippen LogP contribution < -0.4 is 5.32 Å². The minimum atomic E-state index is 0.772. The average Bonchev–Trinajstić information content (AvgIpc) is 3.23. The van der Waals surface area contributed by atoms with Crippen molar-refractivity contribution in [3.63, 3.8) is 0 Å². The molecule has 2 heterocycles. The van der Waals surface area contributed by atoms with Crippen molar-refractivity contribution >= 4 is 11.8 Å². The third-order valence-electron chi connectivity index (χ3n) is 4.47. The van der Waals surface area contributed by atoms with E-state index in [9.17, 15) is 0 Å². The second-order valence-electron chi connectivity index (χ2n) is 6.10. The molecule has 104 valence electrons. The molecule has 4 heteroatoms. The van der Waals surface area contributed by atoms with E-state index in [-0.39, 0.29) is 0 Å². The Balaban J connectivity index is 1.29. The van der Waals surface area contributed by atoms with Crippen molar-refractivity contribution in [2.45, 2.75) is 25.3 Å². The predicted molar refractivity (Wildman–Crippen MR) is 79.3 cm³/mol. The Hall–Kier alpha value is 0.230. The fourth-order valence-electron chi connectivity index (χ4n) is 3.00. The SMILES string of the molecule is C1CSCC(CCN2CCN(CC3CC3)CC2)N1. The molecule has 0 amide bonds. The molecule has 2 saturated heterocycles. The summed E-state index contributed by atoms with van der Waals surface area (Å²) in [6.45, 7) is 9.11. The Labute approximate surface area is 116 Å². The van der Waals surface area contributed by atoms with E-state index < -0.39 is 0 Å². The van der Waals surface area contributed by atoms with Gasteiger partial charge >= 0.3 is 0 Å². The number of thioether (sulfide) groups is 1. The summed E-state index contributed by atoms with van der Waals surface area (Å²) in [6.07, 6.45) is 4.33. The van der Waals surface area contributed by atoms with Crippen molar-refractivity contribution in [2.75, 3.05) is 57.3 Å². The number of hydrogen-bond donors (Lipinski definition) is 1. The number of hydrogen-bond acceptors (Lipinski definition) is 4. The molecule has 0 aromatic rings. The highest BCUT2D eigenvalue weighted by Crippen LogP contribution is 2.29. The minimum Gasteiger partial charge on any atom is -0.312 e. The molecule has 0 bridgehead atoms. The van der Waals surface area contributed by atoms with Crippen LogP contribution >= 0.6 is 11.8 Å². The molecule has 3 aliphatic rings. The van der Waals surface area contributed by atoms with Gasteiger partial charge in [-0.3, -0.25) is 0 Å². The molecule has 0 spiro atoms. The van der Waals surface area contributed by atoms with Crippen LogP contribution in [-0.2, 0) is 0 Å². The lowest BCUT2D eigenvalue weighted by atomic mass is 10.2. The van der Waals surface area contributed by atoms with E-state index in [0.717, 1.165) is 12.0 Å². The maximum absolute atomic E-state index is 3.64. The van der Waals surface area contributed by atoms with E-state index in [2.05, 4.69) is 26.9 Å². The van der Waals surface area contributed by atoms with Crippen LogP contribution in [0.15, 0.2) is 0 Å². The van der Waals surface area contributed by atoms with Gasteiger partial charge in [0.15, 0.2) is 0 Å². The molecule has 3 rings (SSSR count). The third kappa shape index (κ3) is 4.12. The van der Waals surface area contributed by atoms with Crippen molar-refractivity contribution in [1.29, 1.82) is 0 Å². The van der Waals surface area contributed by atoms with E-state index in [1.54, 1.807) is 0 Å². The molecule has 3 nitrogen and oxygen atoms in total. The summed E-state index contributed by atoms with van der Waals surface area (Å²) >= 11 is 2.11. The third-order valence-corrected chi connectivity index (χ3v) is 5.60. The maximum Gasteiger partial charge on any atom is 0.0170 e. The van der Waals surface area contributed by atoms with E-state index in [0.29, 0.717) is 0 Å². The topological polar surface area (TPSA) is 18.5 Å². The van der Waals surface area contributed by atoms with E-state index in [1.165, 1.54) is 76.6 Å². The molecule has 3 fully saturated rings. The fourth-order valence-corrected chi connectivity index (χ4v) is 4.00. The average molecular weight is 269 g/mol. The first-order valence-electron chi connectivity index (χ1n) is 7.66. The van der Waals surface area contributed by atoms with Gasteiger partial charge in [0.25, 0.3) is 0 Å². The van der Waals surface area contributed by atoms with Crippen LogP contribution in [-0.4, -0.2) is 73.2 Å². The largest absolute Gasteiger partial charge is 0.312 e. The molecule has 0 aromatic heterocycles. The van der Waals surface area contributed by atoms with Crippen LogP contribution in [0.4, 0.5) is 0 Å². The highest BCUT2D eigenvalue weighted by molar-refractivity contribution is 7.99. The summed E-state index contributed by atoms with van der Waals surface area (Å²) in [5.74, 6) is 3.68. The number of rotatable bonds is 5. The van der Waals surface area contributed by atoms with Gasteiger partial charge in [0.2, 0.25) is 0 Å². The van der Waals surface area contributed by atoms with E-state index in [1.807, 2.05) is 0 Å². The highest BCUT2D eigenvalue weighted by atomic mass is 32.2. The van der Waals surface area contributed by atoms with Gasteiger partial charge in [-0.15, -0.1) is 0 Å². The summed E-state index contributed by atoms with van der Waals surface area (Å²) in [7, 11) is 0. The van der Waals surface area contributed by atoms with Crippen molar-refractivity contribution in [3.8, 4) is 0 Å². The zero-order valence-corrected chi connectivity index (χ0v) is 12.3. The molecule has 1 saturated carbocycles. The first-order valence-corrected chi connectivity index (χ1v) is 8.81. The number of nitrogens with zero attached hydrogens (tertiary/aromatic N) is 2. The maximum atomic E-state index is 3.64. The van der Waals surface area contributed by atoms with Crippen LogP contribution in [0.3, 0.4) is 0 Å². The van der Waals surface area contributed by atoms with Crippen LogP contribution in [0.2, 0.25) is 0 Å². The van der Waals surface area contributed by atoms with Crippen LogP contribution in [0.5, 0.6) is 0 Å². The van der Waals surface area contributed by atoms with Gasteiger partial charge in [-0.05, 0) is 31.7 Å². The molecule has 0 aromatic carbocycles. The minimum absolute atomic E-state index is 0.772. The Bertz CT molecular complexity index is 243. The molecule has 1 atom stereocenters. The van der Waals surface area contributed by atoms with Crippen molar-refractivity contribution in [3.05, 3.63) is 0 Å². The highest BCUT2D eigenvalue weighted by Gasteiger charge is 2.26. The first-order chi connectivity index (χ1) is 8.90. The monoisotopic (exact) mass is 269 g/mol. The summed E-state index contributed by atoms with van der Waals surface area (Å²) in [6, 6.07) is 0.772. The smallest absolute Gasteiger partial charge is 0.0170 e. The van der Waals surface area contributed by atoms with Gasteiger partial charge in [0.1, 0.15) is 0 Å². The van der Waals surface area contributed by atoms with Crippen LogP contribution in [0, 0.1) is 5.92 Å². The van der Waals surface area contributed by atoms with Crippen LogP contribution in [0.1, 0.15) is 19.3 Å². The van der Waals surface area contributed by atoms with E-state index >= 15 is 0 Å². The lowest BCUT2D eigenvalue weighted by molar-refractivity contribution is 0.125. The Kier molecular flexibility index (Phi) is 4.85. The van der Waals surface area contributed by atoms with Gasteiger partial charge in [-0.25, -0.2) is 0 Å². The Morgan fingerprint density at radius 1 is 1.06 bits per heavy atom. The van der Waals surface area contributed by atoms with Gasteiger partial charge in [0, 0.05) is 56.8 Å². The molecule has 1 aliphatic carbocycles. The Morgan fingerprint density at radius 3 is 2.50 bits per heavy atom. The number of piperazine rings is 1. The molecule has 1 N–H and O–H groups in total. The number of nitrogens with one attached hydrogen (secondary N) is 1. The molecular weight excluding hydrogens is 242 g/mol. The second-order valence-corrected chi connectivity index (χ2v) is 7.25.